The van der Waals surface area contributed by atoms with E-state index in [1.54, 1.807) is 13.8 Å². The molecular formula is C18H21FN2O6. The van der Waals surface area contributed by atoms with Crippen LogP contribution in [0.3, 0.4) is 0 Å². The number of amides is 2. The number of urea groups is 1. The van der Waals surface area contributed by atoms with E-state index in [1.807, 2.05) is 0 Å². The average molecular weight is 380 g/mol. The molecule has 1 aliphatic heterocycles. The molecule has 1 aliphatic rings. The summed E-state index contributed by atoms with van der Waals surface area (Å²) >= 11 is 0. The molecule has 1 aromatic rings. The van der Waals surface area contributed by atoms with Crippen molar-refractivity contribution in [3.05, 3.63) is 40.8 Å². The van der Waals surface area contributed by atoms with Crippen LogP contribution in [0.25, 0.3) is 0 Å². The fourth-order valence-electron chi connectivity index (χ4n) is 2.59. The molecular weight excluding hydrogens is 359 g/mol. The number of hydrogen-bond donors (Lipinski definition) is 2. The third-order valence-corrected chi connectivity index (χ3v) is 3.88. The monoisotopic (exact) mass is 380 g/mol. The number of hydrogen-bond acceptors (Lipinski definition) is 6. The van der Waals surface area contributed by atoms with Crippen LogP contribution in [-0.4, -0.2) is 44.3 Å². The smallest absolute Gasteiger partial charge is 0.338 e. The quantitative estimate of drug-likeness (QED) is 0.701. The normalized spacial score (nSPS) is 16.3. The fourth-order valence-corrected chi connectivity index (χ4v) is 2.59. The zero-order valence-electron chi connectivity index (χ0n) is 15.3. The Kier molecular flexibility index (Phi) is 6.75. The lowest BCUT2D eigenvalue weighted by molar-refractivity contribution is -0.139. The van der Waals surface area contributed by atoms with Crippen molar-refractivity contribution in [3.63, 3.8) is 0 Å². The van der Waals surface area contributed by atoms with Crippen LogP contribution in [0.5, 0.6) is 5.75 Å². The van der Waals surface area contributed by atoms with Crippen LogP contribution in [0.1, 0.15) is 30.6 Å². The van der Waals surface area contributed by atoms with Crippen molar-refractivity contribution < 1.29 is 33.0 Å². The molecule has 0 spiro atoms. The van der Waals surface area contributed by atoms with Gasteiger partial charge in [0.1, 0.15) is 6.61 Å². The summed E-state index contributed by atoms with van der Waals surface area (Å²) in [7, 11) is 1.31. The van der Waals surface area contributed by atoms with E-state index in [1.165, 1.54) is 19.2 Å². The van der Waals surface area contributed by atoms with E-state index in [0.717, 1.165) is 6.07 Å². The number of rotatable bonds is 7. The summed E-state index contributed by atoms with van der Waals surface area (Å²) in [6.45, 7) is 3.24. The van der Waals surface area contributed by atoms with E-state index >= 15 is 0 Å². The van der Waals surface area contributed by atoms with Crippen molar-refractivity contribution in [1.82, 2.24) is 10.6 Å². The SMILES string of the molecule is CCOC(=O)C1=C(COC(=O)c2ccc(OC)c(F)c2)NC(=O)NC1CC. The standard InChI is InChI=1S/C18H21FN2O6/c1-4-12-15(17(23)26-5-2)13(21-18(24)20-12)9-27-16(22)10-6-7-14(25-3)11(19)8-10/h6-8,12H,4-5,9H2,1-3H3,(H2,20,21,24). The van der Waals surface area contributed by atoms with Gasteiger partial charge in [0.2, 0.25) is 0 Å². The summed E-state index contributed by atoms with van der Waals surface area (Å²) in [5.41, 5.74) is 0.290. The molecule has 0 fully saturated rings. The fraction of sp³-hybridized carbons (Fsp3) is 0.389. The van der Waals surface area contributed by atoms with Gasteiger partial charge in [-0.3, -0.25) is 0 Å². The third-order valence-electron chi connectivity index (χ3n) is 3.88. The molecule has 27 heavy (non-hydrogen) atoms. The highest BCUT2D eigenvalue weighted by molar-refractivity contribution is 5.95. The van der Waals surface area contributed by atoms with Gasteiger partial charge in [0, 0.05) is 0 Å². The lowest BCUT2D eigenvalue weighted by Crippen LogP contribution is -2.51. The lowest BCUT2D eigenvalue weighted by atomic mass is 10.0. The molecule has 0 aliphatic carbocycles. The molecule has 8 nitrogen and oxygen atoms in total. The van der Waals surface area contributed by atoms with Gasteiger partial charge in [-0.2, -0.15) is 0 Å². The Labute approximate surface area is 155 Å². The number of carbonyl (C=O) groups is 3. The van der Waals surface area contributed by atoms with Crippen molar-refractivity contribution in [2.75, 3.05) is 20.3 Å². The topological polar surface area (TPSA) is 103 Å². The van der Waals surface area contributed by atoms with E-state index in [-0.39, 0.29) is 35.8 Å². The molecule has 1 unspecified atom stereocenters. The van der Waals surface area contributed by atoms with E-state index in [0.29, 0.717) is 6.42 Å². The van der Waals surface area contributed by atoms with Gasteiger partial charge in [0.05, 0.1) is 36.6 Å². The molecule has 0 bridgehead atoms. The summed E-state index contributed by atoms with van der Waals surface area (Å²) in [6, 6.07) is 2.55. The number of benzene rings is 1. The molecule has 1 atom stereocenters. The van der Waals surface area contributed by atoms with Gasteiger partial charge in [0.15, 0.2) is 11.6 Å². The van der Waals surface area contributed by atoms with Crippen molar-refractivity contribution >= 4 is 18.0 Å². The van der Waals surface area contributed by atoms with Crippen molar-refractivity contribution in [3.8, 4) is 5.75 Å². The van der Waals surface area contributed by atoms with Crippen LogP contribution in [-0.2, 0) is 14.3 Å². The first-order valence-corrected chi connectivity index (χ1v) is 8.39. The van der Waals surface area contributed by atoms with Gasteiger partial charge >= 0.3 is 18.0 Å². The number of methoxy groups -OCH3 is 1. The lowest BCUT2D eigenvalue weighted by Gasteiger charge is -2.28. The number of nitrogens with one attached hydrogen (secondary N) is 2. The molecule has 0 saturated carbocycles. The van der Waals surface area contributed by atoms with E-state index in [9.17, 15) is 18.8 Å². The number of halogens is 1. The molecule has 0 saturated heterocycles. The highest BCUT2D eigenvalue weighted by Gasteiger charge is 2.32. The minimum absolute atomic E-state index is 0.00439. The van der Waals surface area contributed by atoms with Gasteiger partial charge in [-0.15, -0.1) is 0 Å². The zero-order valence-corrected chi connectivity index (χ0v) is 15.3. The average Bonchev–Trinajstić information content (AvgIpc) is 2.65. The minimum atomic E-state index is -0.812. The summed E-state index contributed by atoms with van der Waals surface area (Å²) in [4.78, 5) is 36.2. The van der Waals surface area contributed by atoms with Crippen molar-refractivity contribution in [2.45, 2.75) is 26.3 Å². The molecule has 146 valence electrons. The number of carbonyl (C=O) groups excluding carboxylic acids is 3. The van der Waals surface area contributed by atoms with Crippen molar-refractivity contribution in [1.29, 1.82) is 0 Å². The van der Waals surface area contributed by atoms with Crippen LogP contribution in [0.2, 0.25) is 0 Å². The van der Waals surface area contributed by atoms with Crippen molar-refractivity contribution in [2.24, 2.45) is 0 Å². The van der Waals surface area contributed by atoms with Gasteiger partial charge in [-0.1, -0.05) is 6.92 Å². The summed E-state index contributed by atoms with van der Waals surface area (Å²) in [5.74, 6) is -2.14. The van der Waals surface area contributed by atoms with E-state index in [2.05, 4.69) is 10.6 Å². The first kappa shape index (κ1) is 20.2. The Bertz CT molecular complexity index is 777. The molecule has 2 N–H and O–H groups in total. The van der Waals surface area contributed by atoms with Gasteiger partial charge in [0.25, 0.3) is 0 Å². The Balaban J connectivity index is 2.20. The highest BCUT2D eigenvalue weighted by atomic mass is 19.1. The maximum Gasteiger partial charge on any atom is 0.338 e. The van der Waals surface area contributed by atoms with Gasteiger partial charge in [-0.25, -0.2) is 18.8 Å². The van der Waals surface area contributed by atoms with Gasteiger partial charge < -0.3 is 24.8 Å². The number of ether oxygens (including phenoxy) is 3. The molecule has 1 aromatic carbocycles. The zero-order chi connectivity index (χ0) is 20.0. The second-order valence-electron chi connectivity index (χ2n) is 5.60. The van der Waals surface area contributed by atoms with E-state index in [4.69, 9.17) is 14.2 Å². The third kappa shape index (κ3) is 4.75. The molecule has 2 amide bonds. The molecule has 0 radical (unpaired) electrons. The Morgan fingerprint density at radius 2 is 1.93 bits per heavy atom. The van der Waals surface area contributed by atoms with Crippen LogP contribution < -0.4 is 15.4 Å². The molecule has 1 heterocycles. The van der Waals surface area contributed by atoms with E-state index < -0.39 is 29.8 Å². The summed E-state index contributed by atoms with van der Waals surface area (Å²) in [5, 5.41) is 5.08. The Morgan fingerprint density at radius 1 is 1.19 bits per heavy atom. The maximum atomic E-state index is 13.7. The molecule has 9 heteroatoms. The minimum Gasteiger partial charge on any atom is -0.494 e. The second-order valence-corrected chi connectivity index (χ2v) is 5.60. The largest absolute Gasteiger partial charge is 0.494 e. The Morgan fingerprint density at radius 3 is 2.52 bits per heavy atom. The van der Waals surface area contributed by atoms with Gasteiger partial charge in [-0.05, 0) is 31.5 Å². The predicted octanol–water partition coefficient (Wildman–Crippen LogP) is 1.90. The summed E-state index contributed by atoms with van der Waals surface area (Å²) < 4.78 is 28.7. The maximum absolute atomic E-state index is 13.7. The number of esters is 2. The van der Waals surface area contributed by atoms with Crippen LogP contribution in [0, 0.1) is 5.82 Å². The first-order chi connectivity index (χ1) is 12.9. The van der Waals surface area contributed by atoms with Crippen LogP contribution in [0.15, 0.2) is 29.5 Å². The molecule has 2 rings (SSSR count). The van der Waals surface area contributed by atoms with Crippen LogP contribution >= 0.6 is 0 Å². The second kappa shape index (κ2) is 9.02. The Hall–Kier alpha value is -3.10. The predicted molar refractivity (Wildman–Crippen MR) is 92.6 cm³/mol. The first-order valence-electron chi connectivity index (χ1n) is 8.39. The van der Waals surface area contributed by atoms with Crippen LogP contribution in [0.4, 0.5) is 9.18 Å². The summed E-state index contributed by atoms with van der Waals surface area (Å²) in [6.07, 6.45) is 0.447. The highest BCUT2D eigenvalue weighted by Crippen LogP contribution is 2.20. The molecule has 0 aromatic heterocycles.